The van der Waals surface area contributed by atoms with Gasteiger partial charge in [-0.05, 0) is 36.2 Å². The van der Waals surface area contributed by atoms with Crippen molar-refractivity contribution >= 4 is 35.0 Å². The lowest BCUT2D eigenvalue weighted by molar-refractivity contribution is 0.0649. The molecule has 0 aliphatic carbocycles. The number of amides is 2. The van der Waals surface area contributed by atoms with Crippen LogP contribution in [0.15, 0.2) is 54.4 Å². The lowest BCUT2D eigenvalue weighted by Crippen LogP contribution is -2.32. The zero-order valence-corrected chi connectivity index (χ0v) is 16.6. The van der Waals surface area contributed by atoms with E-state index in [-0.39, 0.29) is 17.7 Å². The van der Waals surface area contributed by atoms with Crippen molar-refractivity contribution in [3.63, 3.8) is 0 Å². The quantitative estimate of drug-likeness (QED) is 0.752. The second-order valence-corrected chi connectivity index (χ2v) is 7.85. The highest BCUT2D eigenvalue weighted by molar-refractivity contribution is 6.35. The predicted molar refractivity (Wildman–Crippen MR) is 109 cm³/mol. The number of benzene rings is 2. The van der Waals surface area contributed by atoms with Crippen molar-refractivity contribution in [1.29, 1.82) is 0 Å². The van der Waals surface area contributed by atoms with Crippen LogP contribution in [0.1, 0.15) is 38.6 Å². The molecule has 0 spiro atoms. The lowest BCUT2D eigenvalue weighted by Gasteiger charge is -2.20. The highest BCUT2D eigenvalue weighted by Gasteiger charge is 2.34. The highest BCUT2D eigenvalue weighted by atomic mass is 35.5. The van der Waals surface area contributed by atoms with E-state index in [9.17, 15) is 9.59 Å². The molecule has 2 aliphatic heterocycles. The summed E-state index contributed by atoms with van der Waals surface area (Å²) in [4.78, 5) is 28.3. The summed E-state index contributed by atoms with van der Waals surface area (Å²) < 4.78 is 0. The molecule has 0 saturated heterocycles. The smallest absolute Gasteiger partial charge is 0.261 e. The van der Waals surface area contributed by atoms with Crippen LogP contribution in [0.5, 0.6) is 0 Å². The number of carbonyl (C=O) groups is 2. The Morgan fingerprint density at radius 3 is 2.32 bits per heavy atom. The Balaban J connectivity index is 1.36. The molecular formula is C21H19Cl2N3O2. The highest BCUT2D eigenvalue weighted by Crippen LogP contribution is 2.34. The molecule has 2 amide bonds. The molecule has 2 heterocycles. The molecular weight excluding hydrogens is 397 g/mol. The lowest BCUT2D eigenvalue weighted by atomic mass is 9.98. The zero-order chi connectivity index (χ0) is 19.8. The van der Waals surface area contributed by atoms with Gasteiger partial charge in [0.2, 0.25) is 0 Å². The Morgan fingerprint density at radius 2 is 1.68 bits per heavy atom. The molecule has 4 rings (SSSR count). The molecule has 0 fully saturated rings. The molecule has 7 heteroatoms. The fraction of sp³-hybridized carbons (Fsp3) is 0.238. The van der Waals surface area contributed by atoms with E-state index in [0.29, 0.717) is 47.2 Å². The van der Waals surface area contributed by atoms with Crippen LogP contribution in [0, 0.1) is 0 Å². The number of carbonyl (C=O) groups excluding carboxylic acids is 2. The minimum atomic E-state index is -0.220. The van der Waals surface area contributed by atoms with Crippen LogP contribution in [0.4, 0.5) is 0 Å². The maximum absolute atomic E-state index is 12.4. The van der Waals surface area contributed by atoms with Gasteiger partial charge in [-0.1, -0.05) is 41.4 Å². The molecule has 0 aromatic heterocycles. The predicted octanol–water partition coefficient (Wildman–Crippen LogP) is 3.88. The Kier molecular flexibility index (Phi) is 5.04. The van der Waals surface area contributed by atoms with Gasteiger partial charge in [0.1, 0.15) is 0 Å². The summed E-state index contributed by atoms with van der Waals surface area (Å²) >= 11 is 12.3. The second kappa shape index (κ2) is 7.49. The minimum absolute atomic E-state index is 0.00377. The topological polar surface area (TPSA) is 66.6 Å². The first-order valence-electron chi connectivity index (χ1n) is 9.07. The van der Waals surface area contributed by atoms with E-state index < -0.39 is 0 Å². The molecule has 1 atom stereocenters. The van der Waals surface area contributed by atoms with Crippen LogP contribution in [-0.2, 0) is 0 Å². The first-order chi connectivity index (χ1) is 13.5. The zero-order valence-electron chi connectivity index (χ0n) is 15.1. The van der Waals surface area contributed by atoms with E-state index in [1.807, 2.05) is 12.3 Å². The number of imide groups is 1. The number of hydrogen-bond acceptors (Lipinski definition) is 4. The minimum Gasteiger partial charge on any atom is -0.400 e. The van der Waals surface area contributed by atoms with Gasteiger partial charge in [0, 0.05) is 47.5 Å². The molecule has 2 aromatic carbocycles. The molecule has 1 unspecified atom stereocenters. The van der Waals surface area contributed by atoms with Crippen molar-refractivity contribution < 1.29 is 9.59 Å². The summed E-state index contributed by atoms with van der Waals surface area (Å²) in [6, 6.07) is 12.4. The third-order valence-corrected chi connectivity index (χ3v) is 5.76. The number of rotatable bonds is 5. The molecule has 0 radical (unpaired) electrons. The van der Waals surface area contributed by atoms with Crippen molar-refractivity contribution in [3.05, 3.63) is 81.1 Å². The fourth-order valence-electron chi connectivity index (χ4n) is 3.79. The summed E-state index contributed by atoms with van der Waals surface area (Å²) in [6.45, 7) is 1.77. The number of halogens is 2. The summed E-state index contributed by atoms with van der Waals surface area (Å²) in [6.07, 6.45) is 2.58. The number of nitrogens with zero attached hydrogens (tertiary/aromatic N) is 2. The summed E-state index contributed by atoms with van der Waals surface area (Å²) in [5.41, 5.74) is 8.86. The van der Waals surface area contributed by atoms with Gasteiger partial charge in [-0.25, -0.2) is 0 Å². The van der Waals surface area contributed by atoms with Crippen molar-refractivity contribution in [2.24, 2.45) is 5.73 Å². The second-order valence-electron chi connectivity index (χ2n) is 7.00. The van der Waals surface area contributed by atoms with E-state index in [2.05, 4.69) is 4.90 Å². The largest absolute Gasteiger partial charge is 0.400 e. The normalized spacial score (nSPS) is 18.6. The van der Waals surface area contributed by atoms with Crippen LogP contribution in [0.2, 0.25) is 10.0 Å². The van der Waals surface area contributed by atoms with Crippen LogP contribution >= 0.6 is 23.2 Å². The first-order valence-corrected chi connectivity index (χ1v) is 9.82. The molecule has 144 valence electrons. The van der Waals surface area contributed by atoms with Crippen molar-refractivity contribution in [3.8, 4) is 0 Å². The molecule has 0 saturated carbocycles. The Bertz CT molecular complexity index is 954. The molecule has 0 bridgehead atoms. The maximum Gasteiger partial charge on any atom is 0.261 e. The van der Waals surface area contributed by atoms with Gasteiger partial charge < -0.3 is 10.6 Å². The molecule has 2 aliphatic rings. The Morgan fingerprint density at radius 1 is 1.00 bits per heavy atom. The van der Waals surface area contributed by atoms with Gasteiger partial charge in [0.25, 0.3) is 11.8 Å². The fourth-order valence-corrected chi connectivity index (χ4v) is 4.33. The number of hydrogen-bond donors (Lipinski definition) is 1. The third kappa shape index (κ3) is 3.36. The Labute approximate surface area is 173 Å². The van der Waals surface area contributed by atoms with Gasteiger partial charge in [0.15, 0.2) is 0 Å². The van der Waals surface area contributed by atoms with E-state index in [4.69, 9.17) is 28.9 Å². The Hall–Kier alpha value is -2.50. The maximum atomic E-state index is 12.4. The summed E-state index contributed by atoms with van der Waals surface area (Å²) in [7, 11) is 0. The van der Waals surface area contributed by atoms with E-state index >= 15 is 0 Å². The van der Waals surface area contributed by atoms with Crippen LogP contribution in [0.3, 0.4) is 0 Å². The van der Waals surface area contributed by atoms with Gasteiger partial charge in [-0.15, -0.1) is 0 Å². The standard InChI is InChI=1S/C21H19Cl2N3O2/c22-13-6-7-14(18(23)10-13)17-11-25(12-19(17)24)8-3-9-26-20(27)15-4-1-2-5-16(15)21(26)28/h1-2,4-7,10,12,17H,3,8-9,11,24H2. The number of fused-ring (bicyclic) bond motifs is 1. The van der Waals surface area contributed by atoms with E-state index in [1.165, 1.54) is 4.90 Å². The van der Waals surface area contributed by atoms with Gasteiger partial charge in [0.05, 0.1) is 11.1 Å². The van der Waals surface area contributed by atoms with E-state index in [1.54, 1.807) is 36.4 Å². The van der Waals surface area contributed by atoms with Crippen molar-refractivity contribution in [1.82, 2.24) is 9.80 Å². The summed E-state index contributed by atoms with van der Waals surface area (Å²) in [5.74, 6) is -0.435. The van der Waals surface area contributed by atoms with Crippen LogP contribution in [-0.4, -0.2) is 41.2 Å². The van der Waals surface area contributed by atoms with Crippen LogP contribution in [0.25, 0.3) is 0 Å². The first kappa shape index (κ1) is 18.8. The van der Waals surface area contributed by atoms with E-state index in [0.717, 1.165) is 11.3 Å². The average molecular weight is 416 g/mol. The molecule has 28 heavy (non-hydrogen) atoms. The monoisotopic (exact) mass is 415 g/mol. The van der Waals surface area contributed by atoms with Crippen LogP contribution < -0.4 is 5.73 Å². The van der Waals surface area contributed by atoms with Crippen molar-refractivity contribution in [2.75, 3.05) is 19.6 Å². The molecule has 2 aromatic rings. The van der Waals surface area contributed by atoms with Crippen molar-refractivity contribution in [2.45, 2.75) is 12.3 Å². The van der Waals surface area contributed by atoms with Gasteiger partial charge in [-0.3, -0.25) is 14.5 Å². The SMILES string of the molecule is NC1=CN(CCCN2C(=O)c3ccccc3C2=O)CC1c1ccc(Cl)cc1Cl. The van der Waals surface area contributed by atoms with Gasteiger partial charge >= 0.3 is 0 Å². The number of nitrogens with two attached hydrogens (primary N) is 1. The average Bonchev–Trinajstić information content (AvgIpc) is 3.15. The molecule has 2 N–H and O–H groups in total. The van der Waals surface area contributed by atoms with Gasteiger partial charge in [-0.2, -0.15) is 0 Å². The third-order valence-electron chi connectivity index (χ3n) is 5.19. The molecule has 5 nitrogen and oxygen atoms in total. The summed E-state index contributed by atoms with van der Waals surface area (Å²) in [5, 5.41) is 1.19.